The highest BCUT2D eigenvalue weighted by molar-refractivity contribution is 5.46. The van der Waals surface area contributed by atoms with E-state index in [1.165, 1.54) is 0 Å². The Balaban J connectivity index is 1.71. The standard InChI is InChI=1S/C17H18O3/c18-16-14(11-17(19)9-10-17)7-4-8-15(16)20-12-13-5-2-1-3-6-13/h1-8,18-19H,9-12H2. The molecule has 0 spiro atoms. The number of rotatable bonds is 5. The van der Waals surface area contributed by atoms with Crippen LogP contribution in [0, 0.1) is 0 Å². The van der Waals surface area contributed by atoms with E-state index in [4.69, 9.17) is 4.74 Å². The van der Waals surface area contributed by atoms with Gasteiger partial charge in [-0.3, -0.25) is 0 Å². The Morgan fingerprint density at radius 3 is 2.45 bits per heavy atom. The number of aliphatic hydroxyl groups is 1. The first kappa shape index (κ1) is 13.0. The van der Waals surface area contributed by atoms with E-state index in [0.29, 0.717) is 18.8 Å². The van der Waals surface area contributed by atoms with Crippen molar-refractivity contribution in [2.24, 2.45) is 0 Å². The molecule has 0 unspecified atom stereocenters. The number of aromatic hydroxyl groups is 1. The molecule has 2 aromatic carbocycles. The van der Waals surface area contributed by atoms with Crippen molar-refractivity contribution in [2.75, 3.05) is 0 Å². The summed E-state index contributed by atoms with van der Waals surface area (Å²) in [6.07, 6.45) is 2.10. The fourth-order valence-corrected chi connectivity index (χ4v) is 2.24. The van der Waals surface area contributed by atoms with Gasteiger partial charge in [-0.15, -0.1) is 0 Å². The number of para-hydroxylation sites is 1. The SMILES string of the molecule is Oc1c(CC2(O)CC2)cccc1OCc1ccccc1. The average molecular weight is 270 g/mol. The molecule has 1 aliphatic carbocycles. The molecule has 3 nitrogen and oxygen atoms in total. The molecule has 104 valence electrons. The van der Waals surface area contributed by atoms with Gasteiger partial charge >= 0.3 is 0 Å². The van der Waals surface area contributed by atoms with Crippen molar-refractivity contribution in [3.05, 3.63) is 59.7 Å². The molecular weight excluding hydrogens is 252 g/mol. The number of hydrogen-bond acceptors (Lipinski definition) is 3. The van der Waals surface area contributed by atoms with Crippen LogP contribution in [0.1, 0.15) is 24.0 Å². The molecule has 1 fully saturated rings. The highest BCUT2D eigenvalue weighted by atomic mass is 16.5. The maximum absolute atomic E-state index is 10.2. The van der Waals surface area contributed by atoms with Crippen molar-refractivity contribution < 1.29 is 14.9 Å². The minimum atomic E-state index is -0.616. The number of benzene rings is 2. The van der Waals surface area contributed by atoms with Gasteiger partial charge in [0.05, 0.1) is 5.60 Å². The Labute approximate surface area is 118 Å². The van der Waals surface area contributed by atoms with Crippen molar-refractivity contribution in [3.8, 4) is 11.5 Å². The second-order valence-electron chi connectivity index (χ2n) is 5.44. The first-order valence-corrected chi connectivity index (χ1v) is 6.86. The minimum Gasteiger partial charge on any atom is -0.504 e. The summed E-state index contributed by atoms with van der Waals surface area (Å²) >= 11 is 0. The molecule has 0 saturated heterocycles. The van der Waals surface area contributed by atoms with Gasteiger partial charge in [-0.05, 0) is 24.5 Å². The van der Waals surface area contributed by atoms with Gasteiger partial charge in [-0.25, -0.2) is 0 Å². The van der Waals surface area contributed by atoms with E-state index in [2.05, 4.69) is 0 Å². The third-order valence-electron chi connectivity index (χ3n) is 3.67. The number of phenolic OH excluding ortho intramolecular Hbond substituents is 1. The summed E-state index contributed by atoms with van der Waals surface area (Å²) in [7, 11) is 0. The molecule has 3 rings (SSSR count). The van der Waals surface area contributed by atoms with Crippen LogP contribution in [0.4, 0.5) is 0 Å². The number of phenols is 1. The van der Waals surface area contributed by atoms with Gasteiger partial charge in [-0.1, -0.05) is 42.5 Å². The molecule has 0 atom stereocenters. The van der Waals surface area contributed by atoms with Crippen LogP contribution in [-0.4, -0.2) is 15.8 Å². The van der Waals surface area contributed by atoms with Crippen LogP contribution in [0.15, 0.2) is 48.5 Å². The fraction of sp³-hybridized carbons (Fsp3) is 0.294. The van der Waals surface area contributed by atoms with Gasteiger partial charge in [0.2, 0.25) is 0 Å². The maximum atomic E-state index is 10.2. The van der Waals surface area contributed by atoms with Crippen molar-refractivity contribution in [2.45, 2.75) is 31.5 Å². The Bertz CT molecular complexity index is 588. The molecule has 3 heteroatoms. The van der Waals surface area contributed by atoms with Crippen LogP contribution in [-0.2, 0) is 13.0 Å². The molecule has 1 saturated carbocycles. The summed E-state index contributed by atoms with van der Waals surface area (Å²) in [4.78, 5) is 0. The van der Waals surface area contributed by atoms with E-state index in [-0.39, 0.29) is 5.75 Å². The third-order valence-corrected chi connectivity index (χ3v) is 3.67. The zero-order valence-electron chi connectivity index (χ0n) is 11.2. The lowest BCUT2D eigenvalue weighted by atomic mass is 10.1. The molecule has 2 N–H and O–H groups in total. The predicted molar refractivity (Wildman–Crippen MR) is 76.8 cm³/mol. The molecule has 0 aromatic heterocycles. The quantitative estimate of drug-likeness (QED) is 0.878. The number of ether oxygens (including phenoxy) is 1. The average Bonchev–Trinajstić information content (AvgIpc) is 3.19. The topological polar surface area (TPSA) is 49.7 Å². The molecule has 0 heterocycles. The molecule has 0 amide bonds. The zero-order valence-corrected chi connectivity index (χ0v) is 11.2. The van der Waals surface area contributed by atoms with Crippen LogP contribution >= 0.6 is 0 Å². The van der Waals surface area contributed by atoms with Crippen LogP contribution in [0.3, 0.4) is 0 Å². The number of hydrogen-bond donors (Lipinski definition) is 2. The molecule has 0 radical (unpaired) electrons. The Morgan fingerprint density at radius 2 is 1.75 bits per heavy atom. The molecule has 1 aliphatic rings. The first-order valence-electron chi connectivity index (χ1n) is 6.86. The van der Waals surface area contributed by atoms with E-state index in [1.807, 2.05) is 42.5 Å². The van der Waals surface area contributed by atoms with E-state index in [9.17, 15) is 10.2 Å². The van der Waals surface area contributed by atoms with E-state index < -0.39 is 5.60 Å². The lowest BCUT2D eigenvalue weighted by Gasteiger charge is -2.13. The molecule has 0 bridgehead atoms. The second-order valence-corrected chi connectivity index (χ2v) is 5.44. The molecular formula is C17H18O3. The predicted octanol–water partition coefficient (Wildman–Crippen LogP) is 3.04. The van der Waals surface area contributed by atoms with Crippen molar-refractivity contribution in [1.29, 1.82) is 0 Å². The Morgan fingerprint density at radius 1 is 1.00 bits per heavy atom. The monoisotopic (exact) mass is 270 g/mol. The van der Waals surface area contributed by atoms with Gasteiger partial charge in [0.15, 0.2) is 11.5 Å². The Kier molecular flexibility index (Phi) is 3.36. The van der Waals surface area contributed by atoms with Crippen molar-refractivity contribution in [3.63, 3.8) is 0 Å². The van der Waals surface area contributed by atoms with Crippen LogP contribution in [0.25, 0.3) is 0 Å². The van der Waals surface area contributed by atoms with Gasteiger partial charge < -0.3 is 14.9 Å². The normalized spacial score (nSPS) is 15.8. The van der Waals surface area contributed by atoms with Crippen LogP contribution in [0.5, 0.6) is 11.5 Å². The van der Waals surface area contributed by atoms with Gasteiger partial charge in [0.1, 0.15) is 6.61 Å². The van der Waals surface area contributed by atoms with Crippen LogP contribution in [0.2, 0.25) is 0 Å². The summed E-state index contributed by atoms with van der Waals surface area (Å²) < 4.78 is 5.67. The Hall–Kier alpha value is -2.00. The fourth-order valence-electron chi connectivity index (χ4n) is 2.24. The largest absolute Gasteiger partial charge is 0.504 e. The summed E-state index contributed by atoms with van der Waals surface area (Å²) in [5, 5.41) is 20.2. The lowest BCUT2D eigenvalue weighted by molar-refractivity contribution is 0.149. The smallest absolute Gasteiger partial charge is 0.161 e. The zero-order chi connectivity index (χ0) is 14.0. The first-order chi connectivity index (χ1) is 9.66. The van der Waals surface area contributed by atoms with Gasteiger partial charge in [-0.2, -0.15) is 0 Å². The summed E-state index contributed by atoms with van der Waals surface area (Å²) in [6, 6.07) is 15.3. The third kappa shape index (κ3) is 2.94. The lowest BCUT2D eigenvalue weighted by Crippen LogP contribution is -2.11. The molecule has 2 aromatic rings. The van der Waals surface area contributed by atoms with Gasteiger partial charge in [0.25, 0.3) is 0 Å². The molecule has 20 heavy (non-hydrogen) atoms. The van der Waals surface area contributed by atoms with Crippen molar-refractivity contribution in [1.82, 2.24) is 0 Å². The minimum absolute atomic E-state index is 0.142. The summed E-state index contributed by atoms with van der Waals surface area (Å²) in [5.74, 6) is 0.611. The summed E-state index contributed by atoms with van der Waals surface area (Å²) in [5.41, 5.74) is 1.18. The van der Waals surface area contributed by atoms with E-state index in [0.717, 1.165) is 24.0 Å². The highest BCUT2D eigenvalue weighted by Crippen LogP contribution is 2.41. The van der Waals surface area contributed by atoms with E-state index >= 15 is 0 Å². The van der Waals surface area contributed by atoms with Crippen molar-refractivity contribution >= 4 is 0 Å². The maximum Gasteiger partial charge on any atom is 0.161 e. The van der Waals surface area contributed by atoms with Gasteiger partial charge in [0, 0.05) is 12.0 Å². The summed E-state index contributed by atoms with van der Waals surface area (Å²) in [6.45, 7) is 0.419. The highest BCUT2D eigenvalue weighted by Gasteiger charge is 2.40. The van der Waals surface area contributed by atoms with Crippen LogP contribution < -0.4 is 4.74 Å². The second kappa shape index (κ2) is 5.17. The van der Waals surface area contributed by atoms with E-state index in [1.54, 1.807) is 6.07 Å². The molecule has 0 aliphatic heterocycles.